The molecule has 0 saturated heterocycles. The highest BCUT2D eigenvalue weighted by Gasteiger charge is 2.40. The van der Waals surface area contributed by atoms with Gasteiger partial charge in [-0.2, -0.15) is 0 Å². The van der Waals surface area contributed by atoms with Crippen molar-refractivity contribution in [2.45, 2.75) is 43.8 Å². The Morgan fingerprint density at radius 1 is 1.40 bits per heavy atom. The van der Waals surface area contributed by atoms with Gasteiger partial charge in [-0.05, 0) is 18.9 Å². The van der Waals surface area contributed by atoms with E-state index in [0.29, 0.717) is 0 Å². The minimum absolute atomic E-state index is 0.401. The molecule has 1 heterocycles. The first-order valence-electron chi connectivity index (χ1n) is 5.54. The fraction of sp³-hybridized carbons (Fsp3) is 0.667. The molecule has 2 rings (SSSR count). The average Bonchev–Trinajstić information content (AvgIpc) is 2.82. The topological polar surface area (TPSA) is 42.6 Å². The molecule has 84 valence electrons. The second-order valence-corrected chi connectivity index (χ2v) is 4.29. The van der Waals surface area contributed by atoms with Crippen molar-refractivity contribution in [2.75, 3.05) is 7.11 Å². The summed E-state index contributed by atoms with van der Waals surface area (Å²) in [6.07, 6.45) is 7.96. The molecule has 1 aromatic rings. The summed E-state index contributed by atoms with van der Waals surface area (Å²) in [5.41, 5.74) is 0.418. The number of ether oxygens (including phenoxy) is 1. The van der Waals surface area contributed by atoms with Gasteiger partial charge in [0.25, 0.3) is 0 Å². The molecule has 1 aromatic heterocycles. The van der Waals surface area contributed by atoms with Crippen LogP contribution in [0.5, 0.6) is 0 Å². The molecule has 0 bridgehead atoms. The van der Waals surface area contributed by atoms with Crippen LogP contribution in [-0.2, 0) is 4.74 Å². The van der Waals surface area contributed by atoms with Crippen molar-refractivity contribution in [1.29, 1.82) is 0 Å². The van der Waals surface area contributed by atoms with Gasteiger partial charge >= 0.3 is 0 Å². The number of rotatable bonds is 3. The van der Waals surface area contributed by atoms with E-state index >= 15 is 0 Å². The molecule has 1 aliphatic carbocycles. The Bertz CT molecular complexity index is 286. The number of hydrogen-bond acceptors (Lipinski definition) is 3. The standard InChI is InChI=1S/C12H18O3/c1-14-12(6-3-2-4-7-12)11(13)10-5-8-15-9-10/h5,8-9,11,13H,2-4,6-7H2,1H3. The monoisotopic (exact) mass is 210 g/mol. The minimum atomic E-state index is -0.568. The van der Waals surface area contributed by atoms with Crippen LogP contribution in [0, 0.1) is 0 Å². The van der Waals surface area contributed by atoms with Gasteiger partial charge in [-0.15, -0.1) is 0 Å². The van der Waals surface area contributed by atoms with Crippen LogP contribution in [0.1, 0.15) is 43.8 Å². The molecule has 0 amide bonds. The van der Waals surface area contributed by atoms with E-state index in [2.05, 4.69) is 0 Å². The fourth-order valence-corrected chi connectivity index (χ4v) is 2.47. The lowest BCUT2D eigenvalue weighted by atomic mass is 9.78. The average molecular weight is 210 g/mol. The second kappa shape index (κ2) is 4.37. The van der Waals surface area contributed by atoms with Crippen molar-refractivity contribution in [2.24, 2.45) is 0 Å². The van der Waals surface area contributed by atoms with Gasteiger partial charge in [-0.25, -0.2) is 0 Å². The molecule has 1 saturated carbocycles. The van der Waals surface area contributed by atoms with Gasteiger partial charge in [0.15, 0.2) is 0 Å². The first-order valence-corrected chi connectivity index (χ1v) is 5.54. The van der Waals surface area contributed by atoms with E-state index in [1.165, 1.54) is 6.42 Å². The molecular weight excluding hydrogens is 192 g/mol. The van der Waals surface area contributed by atoms with Gasteiger partial charge in [0, 0.05) is 12.7 Å². The zero-order valence-electron chi connectivity index (χ0n) is 9.11. The summed E-state index contributed by atoms with van der Waals surface area (Å²) in [6, 6.07) is 1.81. The number of aliphatic hydroxyl groups excluding tert-OH is 1. The number of methoxy groups -OCH3 is 1. The van der Waals surface area contributed by atoms with Gasteiger partial charge in [0.05, 0.1) is 18.1 Å². The van der Waals surface area contributed by atoms with Crippen LogP contribution in [0.3, 0.4) is 0 Å². The molecular formula is C12H18O3. The van der Waals surface area contributed by atoms with Gasteiger partial charge in [0.2, 0.25) is 0 Å². The predicted molar refractivity (Wildman–Crippen MR) is 56.5 cm³/mol. The quantitative estimate of drug-likeness (QED) is 0.834. The van der Waals surface area contributed by atoms with Gasteiger partial charge < -0.3 is 14.3 Å². The molecule has 1 unspecified atom stereocenters. The van der Waals surface area contributed by atoms with Gasteiger partial charge in [-0.3, -0.25) is 0 Å². The number of furan rings is 1. The third-order valence-electron chi connectivity index (χ3n) is 3.46. The van der Waals surface area contributed by atoms with Crippen LogP contribution < -0.4 is 0 Å². The first-order chi connectivity index (χ1) is 7.28. The highest BCUT2D eigenvalue weighted by atomic mass is 16.5. The highest BCUT2D eigenvalue weighted by Crippen LogP contribution is 2.40. The SMILES string of the molecule is COC1(C(O)c2ccoc2)CCCCC1. The predicted octanol–water partition coefficient (Wildman–Crippen LogP) is 2.66. The van der Waals surface area contributed by atoms with Crippen LogP contribution in [0.4, 0.5) is 0 Å². The lowest BCUT2D eigenvalue weighted by molar-refractivity contribution is -0.125. The molecule has 0 spiro atoms. The molecule has 15 heavy (non-hydrogen) atoms. The van der Waals surface area contributed by atoms with Crippen LogP contribution in [0.2, 0.25) is 0 Å². The van der Waals surface area contributed by atoms with Crippen LogP contribution in [0.15, 0.2) is 23.0 Å². The summed E-state index contributed by atoms with van der Waals surface area (Å²) in [6.45, 7) is 0. The zero-order valence-corrected chi connectivity index (χ0v) is 9.11. The maximum Gasteiger partial charge on any atom is 0.111 e. The molecule has 3 nitrogen and oxygen atoms in total. The fourth-order valence-electron chi connectivity index (χ4n) is 2.47. The number of hydrogen-bond donors (Lipinski definition) is 1. The molecule has 1 atom stereocenters. The maximum atomic E-state index is 10.3. The van der Waals surface area contributed by atoms with Crippen LogP contribution in [-0.4, -0.2) is 17.8 Å². The van der Waals surface area contributed by atoms with Crippen LogP contribution >= 0.6 is 0 Å². The summed E-state index contributed by atoms with van der Waals surface area (Å²) in [7, 11) is 1.69. The maximum absolute atomic E-state index is 10.3. The van der Waals surface area contributed by atoms with E-state index in [1.54, 1.807) is 25.7 Å². The third-order valence-corrected chi connectivity index (χ3v) is 3.46. The van der Waals surface area contributed by atoms with E-state index in [9.17, 15) is 5.11 Å². The lowest BCUT2D eigenvalue weighted by Crippen LogP contribution is -2.40. The third kappa shape index (κ3) is 1.94. The normalized spacial score (nSPS) is 22.5. The van der Waals surface area contributed by atoms with E-state index in [1.807, 2.05) is 0 Å². The Balaban J connectivity index is 2.18. The summed E-state index contributed by atoms with van der Waals surface area (Å²) in [5, 5.41) is 10.3. The molecule has 0 radical (unpaired) electrons. The summed E-state index contributed by atoms with van der Waals surface area (Å²) >= 11 is 0. The Morgan fingerprint density at radius 3 is 2.67 bits per heavy atom. The highest BCUT2D eigenvalue weighted by molar-refractivity contribution is 5.14. The largest absolute Gasteiger partial charge is 0.472 e. The Hall–Kier alpha value is -0.800. The zero-order chi connectivity index (χ0) is 10.7. The Kier molecular flexibility index (Phi) is 3.12. The molecule has 1 fully saturated rings. The van der Waals surface area contributed by atoms with Crippen molar-refractivity contribution in [1.82, 2.24) is 0 Å². The smallest absolute Gasteiger partial charge is 0.111 e. The molecule has 1 aliphatic rings. The van der Waals surface area contributed by atoms with Gasteiger partial charge in [0.1, 0.15) is 6.10 Å². The first kappa shape index (κ1) is 10.7. The number of aliphatic hydroxyl groups is 1. The lowest BCUT2D eigenvalue weighted by Gasteiger charge is -2.39. The van der Waals surface area contributed by atoms with Crippen molar-refractivity contribution >= 4 is 0 Å². The molecule has 0 aliphatic heterocycles. The molecule has 1 N–H and O–H groups in total. The molecule has 3 heteroatoms. The summed E-state index contributed by atoms with van der Waals surface area (Å²) < 4.78 is 10.6. The van der Waals surface area contributed by atoms with E-state index in [0.717, 1.165) is 31.2 Å². The Labute approximate surface area is 90.0 Å². The van der Waals surface area contributed by atoms with Crippen molar-refractivity contribution in [3.63, 3.8) is 0 Å². The van der Waals surface area contributed by atoms with Crippen molar-refractivity contribution < 1.29 is 14.3 Å². The van der Waals surface area contributed by atoms with Crippen molar-refractivity contribution in [3.8, 4) is 0 Å². The summed E-state index contributed by atoms with van der Waals surface area (Å²) in [4.78, 5) is 0. The van der Waals surface area contributed by atoms with E-state index in [4.69, 9.17) is 9.15 Å². The second-order valence-electron chi connectivity index (χ2n) is 4.29. The van der Waals surface area contributed by atoms with Crippen molar-refractivity contribution in [3.05, 3.63) is 24.2 Å². The van der Waals surface area contributed by atoms with Gasteiger partial charge in [-0.1, -0.05) is 19.3 Å². The van der Waals surface area contributed by atoms with E-state index in [-0.39, 0.29) is 0 Å². The Morgan fingerprint density at radius 2 is 2.13 bits per heavy atom. The van der Waals surface area contributed by atoms with E-state index < -0.39 is 11.7 Å². The summed E-state index contributed by atoms with van der Waals surface area (Å²) in [5.74, 6) is 0. The molecule has 0 aromatic carbocycles. The van der Waals surface area contributed by atoms with Crippen LogP contribution in [0.25, 0.3) is 0 Å². The minimum Gasteiger partial charge on any atom is -0.472 e.